The molecule has 3 fully saturated rings. The van der Waals surface area contributed by atoms with Crippen molar-refractivity contribution in [2.45, 2.75) is 97.8 Å². The molecule has 0 spiro atoms. The summed E-state index contributed by atoms with van der Waals surface area (Å²) in [6.45, 7) is 15.2. The van der Waals surface area contributed by atoms with Crippen molar-refractivity contribution in [2.75, 3.05) is 7.11 Å². The number of hydrogen-bond acceptors (Lipinski definition) is 2. The fourth-order valence-corrected chi connectivity index (χ4v) is 10.5. The Balaban J connectivity index is 0.00000101. The summed E-state index contributed by atoms with van der Waals surface area (Å²) in [5.41, 5.74) is 10.0. The molecule has 42 heavy (non-hydrogen) atoms. The first-order chi connectivity index (χ1) is 20.0. The van der Waals surface area contributed by atoms with Gasteiger partial charge in [-0.1, -0.05) is 70.9 Å². The molecule has 7 atom stereocenters. The lowest BCUT2D eigenvalue weighted by molar-refractivity contribution is -0.145. The molecule has 2 N–H and O–H groups in total. The maximum absolute atomic E-state index is 8.36. The van der Waals surface area contributed by atoms with E-state index in [0.717, 1.165) is 17.6 Å². The molecule has 0 bridgehead atoms. The van der Waals surface area contributed by atoms with Gasteiger partial charge in [-0.25, -0.2) is 0 Å². The molecule has 2 aromatic carbocycles. The Kier molecular flexibility index (Phi) is 6.94. The minimum absolute atomic E-state index is 0.101. The first kappa shape index (κ1) is 29.1. The van der Waals surface area contributed by atoms with E-state index in [4.69, 9.17) is 14.6 Å². The second kappa shape index (κ2) is 10.0. The van der Waals surface area contributed by atoms with Gasteiger partial charge in [0.15, 0.2) is 0 Å². The number of nitrogens with one attached hydrogen (secondary N) is 1. The fraction of sp³-hybridized carbons (Fsp3) is 0.553. The van der Waals surface area contributed by atoms with Crippen molar-refractivity contribution < 1.29 is 14.6 Å². The third-order valence-corrected chi connectivity index (χ3v) is 13.1. The van der Waals surface area contributed by atoms with E-state index in [1.165, 1.54) is 72.5 Å². The van der Waals surface area contributed by atoms with Gasteiger partial charge in [0.05, 0.1) is 7.11 Å². The molecular weight excluding hydrogens is 518 g/mol. The number of carboxylic acid groups (broad SMARTS) is 1. The van der Waals surface area contributed by atoms with E-state index in [1.54, 1.807) is 18.2 Å². The molecule has 4 nitrogen and oxygen atoms in total. The highest BCUT2D eigenvalue weighted by molar-refractivity contribution is 5.86. The zero-order valence-corrected chi connectivity index (χ0v) is 26.6. The van der Waals surface area contributed by atoms with Crippen LogP contribution >= 0.6 is 0 Å². The van der Waals surface area contributed by atoms with E-state index in [2.05, 4.69) is 95.2 Å². The number of H-pyrrole nitrogens is 1. The largest absolute Gasteiger partial charge is 0.497 e. The molecule has 0 amide bonds. The number of rotatable bonds is 2. The topological polar surface area (TPSA) is 62.3 Å². The van der Waals surface area contributed by atoms with Gasteiger partial charge in [-0.05, 0) is 114 Å². The number of aryl methyl sites for hydroxylation is 1. The molecule has 224 valence electrons. The smallest absolute Gasteiger partial charge is 0.290 e. The van der Waals surface area contributed by atoms with Crippen LogP contribution in [0.4, 0.5) is 0 Å². The lowest BCUT2D eigenvalue weighted by Gasteiger charge is -2.69. The molecule has 0 saturated heterocycles. The Bertz CT molecular complexity index is 1550. The molecule has 3 aromatic rings. The van der Waals surface area contributed by atoms with Gasteiger partial charge in [-0.2, -0.15) is 0 Å². The van der Waals surface area contributed by atoms with Crippen LogP contribution in [0.15, 0.2) is 54.2 Å². The first-order valence-electron chi connectivity index (χ1n) is 16.0. The monoisotopic (exact) mass is 567 g/mol. The van der Waals surface area contributed by atoms with Crippen LogP contribution in [-0.4, -0.2) is 23.7 Å². The number of aromatic amines is 1. The van der Waals surface area contributed by atoms with Crippen molar-refractivity contribution in [3.63, 3.8) is 0 Å². The zero-order chi connectivity index (χ0) is 30.1. The average molecular weight is 568 g/mol. The predicted octanol–water partition coefficient (Wildman–Crippen LogP) is 9.56. The van der Waals surface area contributed by atoms with Gasteiger partial charge in [0.2, 0.25) is 0 Å². The minimum Gasteiger partial charge on any atom is -0.497 e. The summed E-state index contributed by atoms with van der Waals surface area (Å²) in [4.78, 5) is 12.0. The third-order valence-electron chi connectivity index (χ3n) is 13.1. The summed E-state index contributed by atoms with van der Waals surface area (Å²) >= 11 is 0. The Morgan fingerprint density at radius 2 is 1.79 bits per heavy atom. The Hall–Kier alpha value is -3.01. The summed E-state index contributed by atoms with van der Waals surface area (Å²) in [5, 5.41) is 8.18. The van der Waals surface area contributed by atoms with Crippen molar-refractivity contribution in [1.29, 1.82) is 0 Å². The molecule has 3 saturated carbocycles. The highest BCUT2D eigenvalue weighted by atomic mass is 16.5. The van der Waals surface area contributed by atoms with Gasteiger partial charge in [0, 0.05) is 28.4 Å². The fourth-order valence-electron chi connectivity index (χ4n) is 10.5. The summed E-state index contributed by atoms with van der Waals surface area (Å²) in [6, 6.07) is 13.6. The van der Waals surface area contributed by atoms with E-state index >= 15 is 0 Å². The summed E-state index contributed by atoms with van der Waals surface area (Å²) in [6.07, 6.45) is 14.6. The molecule has 0 aliphatic heterocycles. The average Bonchev–Trinajstić information content (AvgIpc) is 3.39. The number of methoxy groups -OCH3 is 1. The molecule has 1 aromatic heterocycles. The SMILES string of the molecule is COc1ccc2[nH]cc(C3C=C4C(C)(CC[C@@]5(C)C6CC(C)CCC6(C)CCC45C)c4cccc(C)c43)c2c1.O=CO. The molecular formula is C38H49NO3. The third kappa shape index (κ3) is 3.96. The summed E-state index contributed by atoms with van der Waals surface area (Å²) < 4.78 is 5.67. The molecule has 1 heterocycles. The second-order valence-electron chi connectivity index (χ2n) is 15.0. The molecule has 4 aliphatic carbocycles. The van der Waals surface area contributed by atoms with Gasteiger partial charge in [0.25, 0.3) is 6.47 Å². The lowest BCUT2D eigenvalue weighted by Crippen LogP contribution is -2.61. The van der Waals surface area contributed by atoms with Crippen molar-refractivity contribution in [3.8, 4) is 5.75 Å². The molecule has 6 unspecified atom stereocenters. The Morgan fingerprint density at radius 1 is 1.02 bits per heavy atom. The molecule has 4 heteroatoms. The Morgan fingerprint density at radius 3 is 2.52 bits per heavy atom. The number of carbonyl (C=O) groups is 1. The van der Waals surface area contributed by atoms with Crippen molar-refractivity contribution in [2.24, 2.45) is 28.1 Å². The van der Waals surface area contributed by atoms with Crippen LogP contribution in [0, 0.1) is 35.0 Å². The number of allylic oxidation sites excluding steroid dienone is 2. The predicted molar refractivity (Wildman–Crippen MR) is 171 cm³/mol. The van der Waals surface area contributed by atoms with Crippen LogP contribution in [0.25, 0.3) is 10.9 Å². The van der Waals surface area contributed by atoms with Crippen LogP contribution < -0.4 is 4.74 Å². The number of ether oxygens (including phenoxy) is 1. The van der Waals surface area contributed by atoms with Crippen LogP contribution in [-0.2, 0) is 10.2 Å². The minimum atomic E-state index is -0.250. The quantitative estimate of drug-likeness (QED) is 0.239. The molecule has 7 rings (SSSR count). The van der Waals surface area contributed by atoms with Gasteiger partial charge < -0.3 is 14.8 Å². The van der Waals surface area contributed by atoms with Crippen molar-refractivity contribution in [1.82, 2.24) is 4.98 Å². The van der Waals surface area contributed by atoms with Crippen LogP contribution in [0.3, 0.4) is 0 Å². The Labute approximate surface area is 252 Å². The number of aromatic nitrogens is 1. The highest BCUT2D eigenvalue weighted by Crippen LogP contribution is 2.74. The number of fused-ring (bicyclic) bond motifs is 8. The normalized spacial score (nSPS) is 36.7. The van der Waals surface area contributed by atoms with Crippen LogP contribution in [0.2, 0.25) is 0 Å². The molecule has 4 aliphatic rings. The lowest BCUT2D eigenvalue weighted by atomic mass is 9.35. The standard InChI is InChI=1S/C37H47NO.CH2O2/c1-23-13-14-34(3)15-17-37(6)32-21-27(28-22-38-30-12-11-25(39-7)20-26(28)30)33-24(2)9-8-10-29(33)35(32,4)16-18-36(37,5)31(34)19-23;2-1-3/h8-12,20-23,27,31,38H,13-19H2,1-7H3;1H,(H,2,3)/t23?,27?,31?,34?,35?,36-,37?;/m0./s1. The molecule has 0 radical (unpaired) electrons. The van der Waals surface area contributed by atoms with Gasteiger partial charge >= 0.3 is 0 Å². The highest BCUT2D eigenvalue weighted by Gasteiger charge is 2.65. The summed E-state index contributed by atoms with van der Waals surface area (Å²) in [5.74, 6) is 2.85. The van der Waals surface area contributed by atoms with E-state index in [9.17, 15) is 0 Å². The van der Waals surface area contributed by atoms with E-state index < -0.39 is 0 Å². The van der Waals surface area contributed by atoms with E-state index in [0.29, 0.717) is 10.8 Å². The maximum atomic E-state index is 8.36. The van der Waals surface area contributed by atoms with E-state index in [-0.39, 0.29) is 23.2 Å². The van der Waals surface area contributed by atoms with E-state index in [1.807, 2.05) is 0 Å². The number of benzene rings is 2. The first-order valence-corrected chi connectivity index (χ1v) is 16.0. The maximum Gasteiger partial charge on any atom is 0.290 e. The van der Waals surface area contributed by atoms with Gasteiger partial charge in [-0.15, -0.1) is 0 Å². The van der Waals surface area contributed by atoms with Gasteiger partial charge in [-0.3, -0.25) is 4.79 Å². The van der Waals surface area contributed by atoms with Crippen molar-refractivity contribution in [3.05, 3.63) is 76.5 Å². The van der Waals surface area contributed by atoms with Crippen LogP contribution in [0.1, 0.15) is 108 Å². The van der Waals surface area contributed by atoms with Crippen LogP contribution in [0.5, 0.6) is 5.75 Å². The second-order valence-corrected chi connectivity index (χ2v) is 15.0. The zero-order valence-electron chi connectivity index (χ0n) is 26.6. The number of hydrogen-bond donors (Lipinski definition) is 2. The van der Waals surface area contributed by atoms with Crippen molar-refractivity contribution >= 4 is 17.4 Å². The van der Waals surface area contributed by atoms with Gasteiger partial charge in [0.1, 0.15) is 5.75 Å². The summed E-state index contributed by atoms with van der Waals surface area (Å²) in [7, 11) is 1.77.